The second kappa shape index (κ2) is 4.67. The molecule has 1 saturated heterocycles. The number of hydrazone groups is 1. The Hall–Kier alpha value is -0.290. The summed E-state index contributed by atoms with van der Waals surface area (Å²) in [4.78, 5) is 0. The fourth-order valence-corrected chi connectivity index (χ4v) is 2.16. The number of nitrogens with one attached hydrogen (secondary N) is 1. The van der Waals surface area contributed by atoms with Crippen molar-refractivity contribution in [2.45, 2.75) is 25.0 Å². The van der Waals surface area contributed by atoms with Crippen LogP contribution in [0.2, 0.25) is 0 Å². The second-order valence-corrected chi connectivity index (χ2v) is 4.58. The number of hydrogen-bond donors (Lipinski definition) is 2. The SMILES string of the molecule is CC1SCCCC1=NNC(N)=S. The molecule has 0 radical (unpaired) electrons. The standard InChI is InChI=1S/C7H13N3S2/c1-5-6(3-2-4-12-5)9-10-7(8)11/h5H,2-4H2,1H3,(H3,8,10,11). The highest BCUT2D eigenvalue weighted by atomic mass is 32.2. The molecule has 12 heavy (non-hydrogen) atoms. The molecule has 1 rings (SSSR count). The van der Waals surface area contributed by atoms with Gasteiger partial charge in [0.1, 0.15) is 0 Å². The highest BCUT2D eigenvalue weighted by molar-refractivity contribution is 8.00. The van der Waals surface area contributed by atoms with Gasteiger partial charge < -0.3 is 5.73 Å². The zero-order valence-electron chi connectivity index (χ0n) is 7.04. The van der Waals surface area contributed by atoms with E-state index in [-0.39, 0.29) is 5.11 Å². The lowest BCUT2D eigenvalue weighted by atomic mass is 10.2. The summed E-state index contributed by atoms with van der Waals surface area (Å²) in [7, 11) is 0. The van der Waals surface area contributed by atoms with Crippen LogP contribution in [0.15, 0.2) is 5.10 Å². The summed E-state index contributed by atoms with van der Waals surface area (Å²) in [6.07, 6.45) is 2.26. The molecule has 0 aromatic rings. The van der Waals surface area contributed by atoms with Gasteiger partial charge in [-0.3, -0.25) is 5.43 Å². The van der Waals surface area contributed by atoms with E-state index >= 15 is 0 Å². The lowest BCUT2D eigenvalue weighted by Gasteiger charge is -2.19. The van der Waals surface area contributed by atoms with Crippen LogP contribution in [0.1, 0.15) is 19.8 Å². The first-order valence-corrected chi connectivity index (χ1v) is 5.39. The van der Waals surface area contributed by atoms with Crippen molar-refractivity contribution in [2.75, 3.05) is 5.75 Å². The topological polar surface area (TPSA) is 50.4 Å². The quantitative estimate of drug-likeness (QED) is 0.495. The van der Waals surface area contributed by atoms with E-state index < -0.39 is 0 Å². The molecule has 0 aromatic carbocycles. The molecule has 0 aromatic heterocycles. The number of nitrogens with zero attached hydrogens (tertiary/aromatic N) is 1. The van der Waals surface area contributed by atoms with Crippen molar-refractivity contribution in [3.8, 4) is 0 Å². The van der Waals surface area contributed by atoms with Crippen LogP contribution < -0.4 is 11.2 Å². The monoisotopic (exact) mass is 203 g/mol. The lowest BCUT2D eigenvalue weighted by Crippen LogP contribution is -2.29. The van der Waals surface area contributed by atoms with E-state index in [2.05, 4.69) is 29.7 Å². The maximum Gasteiger partial charge on any atom is 0.184 e. The molecule has 1 aliphatic heterocycles. The average molecular weight is 203 g/mol. The molecule has 68 valence electrons. The molecule has 5 heteroatoms. The summed E-state index contributed by atoms with van der Waals surface area (Å²) < 4.78 is 0. The third kappa shape index (κ3) is 2.98. The Bertz CT molecular complexity index is 203. The minimum Gasteiger partial charge on any atom is -0.375 e. The first-order chi connectivity index (χ1) is 5.70. The summed E-state index contributed by atoms with van der Waals surface area (Å²) in [6, 6.07) is 0. The van der Waals surface area contributed by atoms with Gasteiger partial charge >= 0.3 is 0 Å². The lowest BCUT2D eigenvalue weighted by molar-refractivity contribution is 0.914. The number of nitrogens with two attached hydrogens (primary N) is 1. The van der Waals surface area contributed by atoms with E-state index in [4.69, 9.17) is 5.73 Å². The molecular formula is C7H13N3S2. The molecule has 0 amide bonds. The van der Waals surface area contributed by atoms with Crippen molar-refractivity contribution < 1.29 is 0 Å². The fourth-order valence-electron chi connectivity index (χ4n) is 1.09. The van der Waals surface area contributed by atoms with E-state index in [0.29, 0.717) is 5.25 Å². The molecule has 1 heterocycles. The third-order valence-corrected chi connectivity index (χ3v) is 3.11. The first kappa shape index (κ1) is 9.80. The van der Waals surface area contributed by atoms with Crippen LogP contribution in [0.4, 0.5) is 0 Å². The Morgan fingerprint density at radius 1 is 1.83 bits per heavy atom. The predicted molar refractivity (Wildman–Crippen MR) is 58.5 cm³/mol. The van der Waals surface area contributed by atoms with Crippen LogP contribution in [0.25, 0.3) is 0 Å². The van der Waals surface area contributed by atoms with Gasteiger partial charge in [0.25, 0.3) is 0 Å². The Labute approximate surface area is 82.2 Å². The van der Waals surface area contributed by atoms with Crippen molar-refractivity contribution in [2.24, 2.45) is 10.8 Å². The van der Waals surface area contributed by atoms with Gasteiger partial charge in [-0.05, 0) is 37.7 Å². The van der Waals surface area contributed by atoms with Gasteiger partial charge in [0, 0.05) is 5.25 Å². The Balaban J connectivity index is 2.47. The molecule has 0 bridgehead atoms. The minimum atomic E-state index is 0.241. The average Bonchev–Trinajstić information content (AvgIpc) is 2.03. The molecule has 0 spiro atoms. The van der Waals surface area contributed by atoms with Gasteiger partial charge in [0.2, 0.25) is 0 Å². The van der Waals surface area contributed by atoms with Gasteiger partial charge in [0.15, 0.2) is 5.11 Å². The molecule has 3 N–H and O–H groups in total. The molecule has 0 saturated carbocycles. The van der Waals surface area contributed by atoms with Crippen molar-refractivity contribution in [1.29, 1.82) is 0 Å². The van der Waals surface area contributed by atoms with Gasteiger partial charge in [-0.1, -0.05) is 0 Å². The van der Waals surface area contributed by atoms with Crippen molar-refractivity contribution in [3.63, 3.8) is 0 Å². The molecule has 1 fully saturated rings. The largest absolute Gasteiger partial charge is 0.375 e. The minimum absolute atomic E-state index is 0.241. The Kier molecular flexibility index (Phi) is 3.81. The summed E-state index contributed by atoms with van der Waals surface area (Å²) in [5, 5.41) is 4.88. The van der Waals surface area contributed by atoms with Crippen molar-refractivity contribution >= 4 is 34.8 Å². The van der Waals surface area contributed by atoms with Gasteiger partial charge in [0.05, 0.1) is 5.71 Å². The normalized spacial score (nSPS) is 27.1. The first-order valence-electron chi connectivity index (χ1n) is 3.93. The molecule has 0 aliphatic carbocycles. The third-order valence-electron chi connectivity index (χ3n) is 1.72. The predicted octanol–water partition coefficient (Wildman–Crippen LogP) is 1.09. The van der Waals surface area contributed by atoms with Crippen LogP contribution >= 0.6 is 24.0 Å². The Morgan fingerprint density at radius 3 is 3.17 bits per heavy atom. The number of thioether (sulfide) groups is 1. The number of thiocarbonyl (C=S) groups is 1. The smallest absolute Gasteiger partial charge is 0.184 e. The zero-order chi connectivity index (χ0) is 8.97. The number of rotatable bonds is 1. The van der Waals surface area contributed by atoms with Crippen LogP contribution in [-0.2, 0) is 0 Å². The van der Waals surface area contributed by atoms with E-state index in [1.807, 2.05) is 11.8 Å². The summed E-state index contributed by atoms with van der Waals surface area (Å²) in [5.74, 6) is 1.23. The van der Waals surface area contributed by atoms with E-state index in [1.54, 1.807) is 0 Å². The summed E-state index contributed by atoms with van der Waals surface area (Å²) in [5.41, 5.74) is 9.06. The summed E-state index contributed by atoms with van der Waals surface area (Å²) >= 11 is 6.58. The molecule has 1 atom stereocenters. The Morgan fingerprint density at radius 2 is 2.58 bits per heavy atom. The highest BCUT2D eigenvalue weighted by Crippen LogP contribution is 2.22. The number of hydrogen-bond acceptors (Lipinski definition) is 3. The van der Waals surface area contributed by atoms with Gasteiger partial charge in [-0.2, -0.15) is 16.9 Å². The summed E-state index contributed by atoms with van der Waals surface area (Å²) in [6.45, 7) is 2.16. The van der Waals surface area contributed by atoms with Crippen LogP contribution in [0.5, 0.6) is 0 Å². The fraction of sp³-hybridized carbons (Fsp3) is 0.714. The molecule has 1 unspecified atom stereocenters. The van der Waals surface area contributed by atoms with Gasteiger partial charge in [-0.25, -0.2) is 0 Å². The van der Waals surface area contributed by atoms with E-state index in [1.165, 1.54) is 17.9 Å². The molecular weight excluding hydrogens is 190 g/mol. The molecule has 1 aliphatic rings. The van der Waals surface area contributed by atoms with Crippen molar-refractivity contribution in [3.05, 3.63) is 0 Å². The molecule has 3 nitrogen and oxygen atoms in total. The van der Waals surface area contributed by atoms with E-state index in [0.717, 1.165) is 6.42 Å². The zero-order valence-corrected chi connectivity index (χ0v) is 8.67. The van der Waals surface area contributed by atoms with Crippen molar-refractivity contribution in [1.82, 2.24) is 5.43 Å². The van der Waals surface area contributed by atoms with Crippen LogP contribution in [0, 0.1) is 0 Å². The maximum atomic E-state index is 5.26. The van der Waals surface area contributed by atoms with Crippen LogP contribution in [-0.4, -0.2) is 21.8 Å². The van der Waals surface area contributed by atoms with Gasteiger partial charge in [-0.15, -0.1) is 0 Å². The second-order valence-electron chi connectivity index (χ2n) is 2.70. The van der Waals surface area contributed by atoms with Crippen LogP contribution in [0.3, 0.4) is 0 Å². The van der Waals surface area contributed by atoms with E-state index in [9.17, 15) is 0 Å². The highest BCUT2D eigenvalue weighted by Gasteiger charge is 2.15. The maximum absolute atomic E-state index is 5.26.